The maximum Gasteiger partial charge on any atom is 0.244 e. The van der Waals surface area contributed by atoms with Crippen molar-refractivity contribution < 1.29 is 18.6 Å². The van der Waals surface area contributed by atoms with Crippen LogP contribution < -0.4 is 4.74 Å². The van der Waals surface area contributed by atoms with E-state index in [9.17, 15) is 13.9 Å². The Bertz CT molecular complexity index is 738. The molecule has 1 N–H and O–H groups in total. The molecule has 0 radical (unpaired) electrons. The second-order valence-electron chi connectivity index (χ2n) is 3.76. The van der Waals surface area contributed by atoms with Crippen LogP contribution in [0.3, 0.4) is 0 Å². The van der Waals surface area contributed by atoms with Gasteiger partial charge < -0.3 is 9.84 Å². The lowest BCUT2D eigenvalue weighted by molar-refractivity contribution is 0.269. The topological polar surface area (TPSA) is 46.8 Å². The highest BCUT2D eigenvalue weighted by Crippen LogP contribution is 2.28. The van der Waals surface area contributed by atoms with E-state index in [1.807, 2.05) is 5.38 Å². The van der Waals surface area contributed by atoms with Crippen molar-refractivity contribution in [2.75, 3.05) is 0 Å². The average Bonchev–Trinajstić information content (AvgIpc) is 2.94. The minimum Gasteiger partial charge on any atom is -0.437 e. The molecule has 0 saturated heterocycles. The molecule has 19 heavy (non-hydrogen) atoms. The maximum atomic E-state index is 13.1. The van der Waals surface area contributed by atoms with Crippen molar-refractivity contribution in [3.05, 3.63) is 47.1 Å². The third-order valence-electron chi connectivity index (χ3n) is 2.58. The first-order valence-corrected chi connectivity index (χ1v) is 6.25. The summed E-state index contributed by atoms with van der Waals surface area (Å²) >= 11 is 1.38. The Morgan fingerprint density at radius 3 is 2.89 bits per heavy atom. The minimum atomic E-state index is -0.996. The van der Waals surface area contributed by atoms with Gasteiger partial charge in [-0.15, -0.1) is 11.3 Å². The van der Waals surface area contributed by atoms with E-state index in [4.69, 9.17) is 4.74 Å². The van der Waals surface area contributed by atoms with Crippen LogP contribution in [0, 0.1) is 11.6 Å². The van der Waals surface area contributed by atoms with Crippen LogP contribution in [0.5, 0.6) is 11.6 Å². The summed E-state index contributed by atoms with van der Waals surface area (Å²) in [6, 6.07) is 3.21. The normalized spacial score (nSPS) is 11.1. The number of benzene rings is 1. The molecule has 2 heterocycles. The predicted molar refractivity (Wildman–Crippen MR) is 65.4 cm³/mol. The summed E-state index contributed by atoms with van der Waals surface area (Å²) in [7, 11) is 0. The van der Waals surface area contributed by atoms with Gasteiger partial charge in [-0.3, -0.25) is 4.40 Å². The number of imidazole rings is 1. The standard InChI is InChI=1S/C12H8F2N2O2S/c13-8-2-1-7(5-9(8)14)18-11-10(6-17)16-3-4-19-12(16)15-11/h1-5,17H,6H2. The quantitative estimate of drug-likeness (QED) is 0.803. The molecule has 98 valence electrons. The summed E-state index contributed by atoms with van der Waals surface area (Å²) in [5, 5.41) is 11.2. The molecule has 4 nitrogen and oxygen atoms in total. The molecular formula is C12H8F2N2O2S. The largest absolute Gasteiger partial charge is 0.437 e. The lowest BCUT2D eigenvalue weighted by Crippen LogP contribution is -1.94. The van der Waals surface area contributed by atoms with Crippen LogP contribution in [0.15, 0.2) is 29.8 Å². The van der Waals surface area contributed by atoms with Crippen LogP contribution in [-0.4, -0.2) is 14.5 Å². The second-order valence-corrected chi connectivity index (χ2v) is 4.63. The predicted octanol–water partition coefficient (Wildman–Crippen LogP) is 2.96. The summed E-state index contributed by atoms with van der Waals surface area (Å²) in [5.41, 5.74) is 0.459. The number of aromatic nitrogens is 2. The molecule has 0 aliphatic heterocycles. The third-order valence-corrected chi connectivity index (χ3v) is 3.34. The number of thiazole rings is 1. The number of hydrogen-bond acceptors (Lipinski definition) is 4. The van der Waals surface area contributed by atoms with E-state index in [1.54, 1.807) is 10.6 Å². The molecule has 0 saturated carbocycles. The van der Waals surface area contributed by atoms with E-state index in [0.29, 0.717) is 10.7 Å². The molecule has 0 fully saturated rings. The number of ether oxygens (including phenoxy) is 1. The smallest absolute Gasteiger partial charge is 0.244 e. The highest BCUT2D eigenvalue weighted by atomic mass is 32.1. The van der Waals surface area contributed by atoms with Gasteiger partial charge in [0.25, 0.3) is 0 Å². The van der Waals surface area contributed by atoms with E-state index >= 15 is 0 Å². The molecule has 0 bridgehead atoms. The fourth-order valence-electron chi connectivity index (χ4n) is 1.69. The molecule has 0 atom stereocenters. The zero-order valence-corrected chi connectivity index (χ0v) is 10.3. The van der Waals surface area contributed by atoms with Crippen molar-refractivity contribution in [2.45, 2.75) is 6.61 Å². The van der Waals surface area contributed by atoms with Gasteiger partial charge in [-0.25, -0.2) is 8.78 Å². The number of nitrogens with zero attached hydrogens (tertiary/aromatic N) is 2. The van der Waals surface area contributed by atoms with Gasteiger partial charge >= 0.3 is 0 Å². The van der Waals surface area contributed by atoms with E-state index in [1.165, 1.54) is 17.4 Å². The molecule has 1 aromatic carbocycles. The van der Waals surface area contributed by atoms with Crippen molar-refractivity contribution in [3.8, 4) is 11.6 Å². The maximum absolute atomic E-state index is 13.1. The Morgan fingerprint density at radius 1 is 1.32 bits per heavy atom. The number of rotatable bonds is 3. The number of fused-ring (bicyclic) bond motifs is 1. The minimum absolute atomic E-state index is 0.124. The summed E-state index contributed by atoms with van der Waals surface area (Å²) in [6.45, 7) is -0.267. The van der Waals surface area contributed by atoms with E-state index in [0.717, 1.165) is 12.1 Å². The third kappa shape index (κ3) is 2.06. The molecule has 0 unspecified atom stereocenters. The fraction of sp³-hybridized carbons (Fsp3) is 0.0833. The zero-order valence-electron chi connectivity index (χ0n) is 9.51. The second kappa shape index (κ2) is 4.60. The van der Waals surface area contributed by atoms with Crippen LogP contribution >= 0.6 is 11.3 Å². The molecule has 0 aliphatic carbocycles. The van der Waals surface area contributed by atoms with Crippen molar-refractivity contribution in [3.63, 3.8) is 0 Å². The van der Waals surface area contributed by atoms with Gasteiger partial charge in [0.1, 0.15) is 11.4 Å². The van der Waals surface area contributed by atoms with Gasteiger partial charge in [-0.1, -0.05) is 0 Å². The Labute approximate surface area is 110 Å². The van der Waals surface area contributed by atoms with Gasteiger partial charge in [-0.05, 0) is 12.1 Å². The SMILES string of the molecule is OCc1c(Oc2ccc(F)c(F)c2)nc2sccn12. The van der Waals surface area contributed by atoms with Crippen LogP contribution in [0.4, 0.5) is 8.78 Å². The van der Waals surface area contributed by atoms with Crippen LogP contribution in [-0.2, 0) is 6.61 Å². The Balaban J connectivity index is 2.00. The molecular weight excluding hydrogens is 274 g/mol. The van der Waals surface area contributed by atoms with Gasteiger partial charge in [0, 0.05) is 17.6 Å². The number of aliphatic hydroxyl groups is 1. The van der Waals surface area contributed by atoms with Gasteiger partial charge in [0.15, 0.2) is 16.6 Å². The number of aliphatic hydroxyl groups excluding tert-OH is 1. The first-order chi connectivity index (χ1) is 9.19. The molecule has 2 aromatic heterocycles. The first kappa shape index (κ1) is 12.1. The highest BCUT2D eigenvalue weighted by Gasteiger charge is 2.15. The number of halogens is 2. The summed E-state index contributed by atoms with van der Waals surface area (Å²) in [6.07, 6.45) is 1.75. The van der Waals surface area contributed by atoms with Crippen LogP contribution in [0.2, 0.25) is 0 Å². The van der Waals surface area contributed by atoms with Crippen molar-refractivity contribution in [1.82, 2.24) is 9.38 Å². The Hall–Kier alpha value is -1.99. The number of hydrogen-bond donors (Lipinski definition) is 1. The fourth-order valence-corrected chi connectivity index (χ4v) is 2.41. The molecule has 3 rings (SSSR count). The summed E-state index contributed by atoms with van der Waals surface area (Å²) < 4.78 is 33.0. The molecule has 3 aromatic rings. The van der Waals surface area contributed by atoms with Gasteiger partial charge in [0.05, 0.1) is 6.61 Å². The first-order valence-electron chi connectivity index (χ1n) is 5.37. The highest BCUT2D eigenvalue weighted by molar-refractivity contribution is 7.15. The van der Waals surface area contributed by atoms with Crippen molar-refractivity contribution in [1.29, 1.82) is 0 Å². The van der Waals surface area contributed by atoms with Crippen molar-refractivity contribution in [2.24, 2.45) is 0 Å². The van der Waals surface area contributed by atoms with E-state index < -0.39 is 11.6 Å². The lowest BCUT2D eigenvalue weighted by atomic mass is 10.3. The van der Waals surface area contributed by atoms with E-state index in [-0.39, 0.29) is 18.2 Å². The Kier molecular flexibility index (Phi) is 2.92. The Morgan fingerprint density at radius 2 is 2.16 bits per heavy atom. The molecule has 0 amide bonds. The van der Waals surface area contributed by atoms with Gasteiger partial charge in [-0.2, -0.15) is 4.98 Å². The monoisotopic (exact) mass is 282 g/mol. The zero-order chi connectivity index (χ0) is 13.4. The van der Waals surface area contributed by atoms with Crippen LogP contribution in [0.25, 0.3) is 4.96 Å². The average molecular weight is 282 g/mol. The van der Waals surface area contributed by atoms with Crippen molar-refractivity contribution >= 4 is 16.3 Å². The van der Waals surface area contributed by atoms with E-state index in [2.05, 4.69) is 4.98 Å². The summed E-state index contributed by atoms with van der Waals surface area (Å²) in [4.78, 5) is 4.83. The lowest BCUT2D eigenvalue weighted by Gasteiger charge is -2.04. The molecule has 0 spiro atoms. The summed E-state index contributed by atoms with van der Waals surface area (Å²) in [5.74, 6) is -1.63. The van der Waals surface area contributed by atoms with Gasteiger partial charge in [0.2, 0.25) is 5.88 Å². The molecule has 7 heteroatoms. The van der Waals surface area contributed by atoms with Crippen LogP contribution in [0.1, 0.15) is 5.69 Å². The molecule has 0 aliphatic rings.